The molecule has 2 heterocycles. The summed E-state index contributed by atoms with van der Waals surface area (Å²) in [7, 11) is 0. The molecule has 0 spiro atoms. The molecule has 3 aromatic carbocycles. The van der Waals surface area contributed by atoms with Gasteiger partial charge in [-0.2, -0.15) is 0 Å². The van der Waals surface area contributed by atoms with Gasteiger partial charge in [0.1, 0.15) is 11.6 Å². The summed E-state index contributed by atoms with van der Waals surface area (Å²) in [6.07, 6.45) is 4.61. The number of alkyl carbamates (subject to hydrolysis) is 1. The number of ether oxygens (including phenoxy) is 1. The molecule has 204 valence electrons. The van der Waals surface area contributed by atoms with Gasteiger partial charge in [0.15, 0.2) is 0 Å². The quantitative estimate of drug-likeness (QED) is 0.198. The topological polar surface area (TPSA) is 84.3 Å². The van der Waals surface area contributed by atoms with Gasteiger partial charge in [0, 0.05) is 41.5 Å². The number of aromatic nitrogens is 2. The third-order valence-electron chi connectivity index (χ3n) is 7.12. The van der Waals surface area contributed by atoms with E-state index in [9.17, 15) is 9.90 Å². The van der Waals surface area contributed by atoms with Crippen LogP contribution in [0.3, 0.4) is 0 Å². The molecule has 0 saturated heterocycles. The lowest BCUT2D eigenvalue weighted by molar-refractivity contribution is 0.142. The number of nitrogens with zero attached hydrogens (tertiary/aromatic N) is 2. The first kappa shape index (κ1) is 27.0. The molecule has 2 N–H and O–H groups in total. The Morgan fingerprint density at radius 1 is 0.878 bits per heavy atom. The fourth-order valence-corrected chi connectivity index (χ4v) is 6.50. The monoisotopic (exact) mass is 579 g/mol. The number of amides is 1. The maximum atomic E-state index is 13.0. The van der Waals surface area contributed by atoms with Crippen LogP contribution in [0.2, 0.25) is 5.02 Å². The number of fused-ring (bicyclic) bond motifs is 3. The summed E-state index contributed by atoms with van der Waals surface area (Å²) in [4.78, 5) is 22.3. The molecule has 0 bridgehead atoms. The highest BCUT2D eigenvalue weighted by molar-refractivity contribution is 7.99. The molecule has 1 aliphatic rings. The predicted octanol–water partition coefficient (Wildman–Crippen LogP) is 7.48. The summed E-state index contributed by atoms with van der Waals surface area (Å²) in [5, 5.41) is 13.9. The standard InChI is InChI=1S/C33H26ClN3O3S/c34-30-17-23(21-11-14-35-15-12-21)16-24(31(30)41-32-22(19-38)6-5-13-36-32)18-37-33(39)40-20-29-27-9-3-1-7-25(27)26-8-2-4-10-28(26)29/h1-17,29,38H,18-20H2,(H,37,39). The fraction of sp³-hybridized carbons (Fsp3) is 0.121. The van der Waals surface area contributed by atoms with Crippen molar-refractivity contribution < 1.29 is 14.6 Å². The van der Waals surface area contributed by atoms with Gasteiger partial charge in [-0.05, 0) is 69.3 Å². The highest BCUT2D eigenvalue weighted by Gasteiger charge is 2.29. The van der Waals surface area contributed by atoms with Crippen molar-refractivity contribution in [3.8, 4) is 22.3 Å². The van der Waals surface area contributed by atoms with Gasteiger partial charge >= 0.3 is 6.09 Å². The van der Waals surface area contributed by atoms with Crippen LogP contribution in [0.1, 0.15) is 28.2 Å². The zero-order valence-electron chi connectivity index (χ0n) is 22.0. The van der Waals surface area contributed by atoms with Crippen molar-refractivity contribution in [1.29, 1.82) is 0 Å². The Morgan fingerprint density at radius 2 is 1.59 bits per heavy atom. The second-order valence-corrected chi connectivity index (χ2v) is 11.0. The number of carbonyl (C=O) groups is 1. The van der Waals surface area contributed by atoms with E-state index in [0.29, 0.717) is 15.6 Å². The van der Waals surface area contributed by atoms with Gasteiger partial charge in [0.2, 0.25) is 0 Å². The van der Waals surface area contributed by atoms with Crippen molar-refractivity contribution in [2.24, 2.45) is 0 Å². The number of halogens is 1. The van der Waals surface area contributed by atoms with Crippen LogP contribution in [-0.2, 0) is 17.9 Å². The molecule has 2 aromatic heterocycles. The molecule has 1 amide bonds. The van der Waals surface area contributed by atoms with Crippen molar-refractivity contribution in [2.45, 2.75) is 29.0 Å². The Morgan fingerprint density at radius 3 is 2.29 bits per heavy atom. The van der Waals surface area contributed by atoms with E-state index in [1.54, 1.807) is 24.7 Å². The SMILES string of the molecule is O=C(NCc1cc(-c2ccncc2)cc(Cl)c1Sc1ncccc1CO)OCC1c2ccccc2-c2ccccc21. The number of nitrogens with one attached hydrogen (secondary N) is 1. The first-order chi connectivity index (χ1) is 20.1. The summed E-state index contributed by atoms with van der Waals surface area (Å²) in [6, 6.07) is 27.8. The zero-order valence-corrected chi connectivity index (χ0v) is 23.5. The second kappa shape index (κ2) is 12.1. The van der Waals surface area contributed by atoms with Crippen molar-refractivity contribution in [3.63, 3.8) is 0 Å². The predicted molar refractivity (Wildman–Crippen MR) is 161 cm³/mol. The largest absolute Gasteiger partial charge is 0.449 e. The number of carbonyl (C=O) groups excluding carboxylic acids is 1. The Bertz CT molecular complexity index is 1670. The number of benzene rings is 3. The Kier molecular flexibility index (Phi) is 8.00. The minimum atomic E-state index is -0.512. The van der Waals surface area contributed by atoms with Crippen molar-refractivity contribution in [1.82, 2.24) is 15.3 Å². The number of rotatable bonds is 8. The molecular formula is C33H26ClN3O3S. The molecule has 6 rings (SSSR count). The number of hydrogen-bond acceptors (Lipinski definition) is 6. The Labute approximate surface area is 247 Å². The maximum Gasteiger partial charge on any atom is 0.407 e. The third-order valence-corrected chi connectivity index (χ3v) is 8.78. The molecule has 0 aliphatic heterocycles. The summed E-state index contributed by atoms with van der Waals surface area (Å²) < 4.78 is 5.76. The lowest BCUT2D eigenvalue weighted by Crippen LogP contribution is -2.26. The highest BCUT2D eigenvalue weighted by Crippen LogP contribution is 2.44. The number of aliphatic hydroxyl groups excluding tert-OH is 1. The molecule has 5 aromatic rings. The number of hydrogen-bond donors (Lipinski definition) is 2. The Balaban J connectivity index is 1.22. The number of aliphatic hydroxyl groups is 1. The van der Waals surface area contributed by atoms with Crippen LogP contribution in [0, 0.1) is 0 Å². The molecule has 0 fully saturated rings. The lowest BCUT2D eigenvalue weighted by Gasteiger charge is -2.17. The van der Waals surface area contributed by atoms with Crippen LogP contribution >= 0.6 is 23.4 Å². The van der Waals surface area contributed by atoms with Gasteiger partial charge in [-0.3, -0.25) is 4.98 Å². The zero-order chi connectivity index (χ0) is 28.2. The van der Waals surface area contributed by atoms with E-state index in [0.717, 1.165) is 32.7 Å². The molecule has 1 aliphatic carbocycles. The molecule has 41 heavy (non-hydrogen) atoms. The van der Waals surface area contributed by atoms with E-state index in [1.807, 2.05) is 54.6 Å². The average molecular weight is 580 g/mol. The van der Waals surface area contributed by atoms with Crippen LogP contribution in [0.5, 0.6) is 0 Å². The lowest BCUT2D eigenvalue weighted by atomic mass is 9.98. The highest BCUT2D eigenvalue weighted by atomic mass is 35.5. The molecule has 0 unspecified atom stereocenters. The van der Waals surface area contributed by atoms with Gasteiger partial charge in [0.05, 0.1) is 11.6 Å². The first-order valence-corrected chi connectivity index (χ1v) is 14.4. The van der Waals surface area contributed by atoms with Crippen LogP contribution in [-0.4, -0.2) is 27.8 Å². The normalized spacial score (nSPS) is 12.0. The van der Waals surface area contributed by atoms with Gasteiger partial charge in [-0.25, -0.2) is 9.78 Å². The van der Waals surface area contributed by atoms with Gasteiger partial charge < -0.3 is 15.2 Å². The van der Waals surface area contributed by atoms with E-state index in [2.05, 4.69) is 39.6 Å². The smallest absolute Gasteiger partial charge is 0.407 e. The van der Waals surface area contributed by atoms with Crippen LogP contribution in [0.15, 0.2) is 113 Å². The van der Waals surface area contributed by atoms with Crippen LogP contribution in [0.25, 0.3) is 22.3 Å². The van der Waals surface area contributed by atoms with E-state index >= 15 is 0 Å². The van der Waals surface area contributed by atoms with E-state index in [4.69, 9.17) is 16.3 Å². The summed E-state index contributed by atoms with van der Waals surface area (Å²) in [5.41, 5.74) is 8.03. The minimum absolute atomic E-state index is 0.0233. The second-order valence-electron chi connectivity index (χ2n) is 9.59. The summed E-state index contributed by atoms with van der Waals surface area (Å²) in [6.45, 7) is 0.280. The molecule has 6 nitrogen and oxygen atoms in total. The van der Waals surface area contributed by atoms with Crippen molar-refractivity contribution >= 4 is 29.5 Å². The molecule has 0 radical (unpaired) electrons. The minimum Gasteiger partial charge on any atom is -0.449 e. The van der Waals surface area contributed by atoms with E-state index in [-0.39, 0.29) is 25.7 Å². The summed E-state index contributed by atoms with van der Waals surface area (Å²) in [5.74, 6) is -0.0233. The van der Waals surface area contributed by atoms with Crippen molar-refractivity contribution in [3.05, 3.63) is 131 Å². The number of pyridine rings is 2. The first-order valence-electron chi connectivity index (χ1n) is 13.2. The molecule has 0 saturated carbocycles. The van der Waals surface area contributed by atoms with Gasteiger partial charge in [-0.15, -0.1) is 0 Å². The third kappa shape index (κ3) is 5.70. The van der Waals surface area contributed by atoms with Crippen LogP contribution in [0.4, 0.5) is 4.79 Å². The van der Waals surface area contributed by atoms with E-state index in [1.165, 1.54) is 22.9 Å². The molecule has 8 heteroatoms. The van der Waals surface area contributed by atoms with E-state index < -0.39 is 6.09 Å². The van der Waals surface area contributed by atoms with Crippen molar-refractivity contribution in [2.75, 3.05) is 6.61 Å². The van der Waals surface area contributed by atoms with Gasteiger partial charge in [-0.1, -0.05) is 78.0 Å². The summed E-state index contributed by atoms with van der Waals surface area (Å²) >= 11 is 8.18. The molecule has 0 atom stereocenters. The maximum absolute atomic E-state index is 13.0. The average Bonchev–Trinajstić information content (AvgIpc) is 3.34. The molecular weight excluding hydrogens is 554 g/mol. The fourth-order valence-electron chi connectivity index (χ4n) is 5.16. The van der Waals surface area contributed by atoms with Crippen LogP contribution < -0.4 is 5.32 Å². The Hall–Kier alpha value is -4.17. The van der Waals surface area contributed by atoms with Gasteiger partial charge in [0.25, 0.3) is 0 Å².